The van der Waals surface area contributed by atoms with Crippen LogP contribution in [0.15, 0.2) is 36.4 Å². The zero-order valence-electron chi connectivity index (χ0n) is 16.8. The highest BCUT2D eigenvalue weighted by Gasteiger charge is 2.20. The van der Waals surface area contributed by atoms with E-state index in [1.165, 1.54) is 33.4 Å². The summed E-state index contributed by atoms with van der Waals surface area (Å²) in [6.07, 6.45) is 0. The maximum atomic E-state index is 2.45. The van der Waals surface area contributed by atoms with Gasteiger partial charge in [-0.15, -0.1) is 0 Å². The third-order valence-electron chi connectivity index (χ3n) is 4.97. The summed E-state index contributed by atoms with van der Waals surface area (Å²) in [7, 11) is 0. The van der Waals surface area contributed by atoms with Crippen molar-refractivity contribution in [1.82, 2.24) is 0 Å². The van der Waals surface area contributed by atoms with Gasteiger partial charge >= 0.3 is 0 Å². The minimum atomic E-state index is 0.527. The molecule has 2 rings (SSSR count). The summed E-state index contributed by atoms with van der Waals surface area (Å²) in [5, 5.41) is 0. The molecule has 0 aliphatic heterocycles. The Hall–Kier alpha value is -1.56. The minimum absolute atomic E-state index is 0.527. The van der Waals surface area contributed by atoms with Crippen LogP contribution in [0.2, 0.25) is 0 Å². The highest BCUT2D eigenvalue weighted by Crippen LogP contribution is 2.40. The molecule has 0 aliphatic rings. The zero-order chi connectivity index (χ0) is 18.0. The zero-order valence-corrected chi connectivity index (χ0v) is 16.8. The molecule has 0 aliphatic carbocycles. The molecule has 0 heterocycles. The SMILES string of the molecule is CC(C)c1cc(-c2ccccc2C(C)C)c(C(C)C)c(C(C)C)c1. The summed E-state index contributed by atoms with van der Waals surface area (Å²) >= 11 is 0. The Kier molecular flexibility index (Phi) is 5.91. The molecule has 0 bridgehead atoms. The van der Waals surface area contributed by atoms with Crippen molar-refractivity contribution in [2.45, 2.75) is 79.1 Å². The predicted molar refractivity (Wildman–Crippen MR) is 108 cm³/mol. The van der Waals surface area contributed by atoms with Crippen LogP contribution in [-0.2, 0) is 0 Å². The molecule has 0 nitrogen and oxygen atoms in total. The minimum Gasteiger partial charge on any atom is -0.0619 e. The first-order valence-electron chi connectivity index (χ1n) is 9.51. The van der Waals surface area contributed by atoms with Crippen molar-refractivity contribution >= 4 is 0 Å². The molecule has 130 valence electrons. The monoisotopic (exact) mass is 322 g/mol. The molecule has 0 saturated heterocycles. The average Bonchev–Trinajstić information content (AvgIpc) is 2.53. The molecule has 24 heavy (non-hydrogen) atoms. The smallest absolute Gasteiger partial charge is 0.0141 e. The second kappa shape index (κ2) is 7.55. The van der Waals surface area contributed by atoms with E-state index in [2.05, 4.69) is 91.8 Å². The standard InChI is InChI=1S/C24H34/c1-15(2)19-13-22(17(5)6)24(18(7)8)23(14-19)21-12-10-9-11-20(21)16(3)4/h9-18H,1-8H3. The first kappa shape index (κ1) is 18.8. The van der Waals surface area contributed by atoms with Gasteiger partial charge in [-0.05, 0) is 57.1 Å². The lowest BCUT2D eigenvalue weighted by Gasteiger charge is -2.25. The van der Waals surface area contributed by atoms with E-state index in [1.54, 1.807) is 0 Å². The maximum Gasteiger partial charge on any atom is -0.0141 e. The van der Waals surface area contributed by atoms with Crippen LogP contribution >= 0.6 is 0 Å². The highest BCUT2D eigenvalue weighted by atomic mass is 14.2. The van der Waals surface area contributed by atoms with Crippen LogP contribution in [0.3, 0.4) is 0 Å². The van der Waals surface area contributed by atoms with Crippen LogP contribution in [0.25, 0.3) is 11.1 Å². The molecular weight excluding hydrogens is 288 g/mol. The summed E-state index contributed by atoms with van der Waals surface area (Å²) in [6.45, 7) is 18.5. The molecule has 0 atom stereocenters. The predicted octanol–water partition coefficient (Wildman–Crippen LogP) is 7.85. The Morgan fingerprint density at radius 2 is 1.12 bits per heavy atom. The van der Waals surface area contributed by atoms with Gasteiger partial charge in [0.25, 0.3) is 0 Å². The van der Waals surface area contributed by atoms with Gasteiger partial charge in [0.2, 0.25) is 0 Å². The average molecular weight is 323 g/mol. The molecule has 0 fully saturated rings. The Balaban J connectivity index is 2.86. The van der Waals surface area contributed by atoms with Gasteiger partial charge in [0.1, 0.15) is 0 Å². The fraction of sp³-hybridized carbons (Fsp3) is 0.500. The first-order chi connectivity index (χ1) is 11.2. The van der Waals surface area contributed by atoms with Gasteiger partial charge in [-0.3, -0.25) is 0 Å². The molecule has 0 amide bonds. The van der Waals surface area contributed by atoms with Crippen LogP contribution < -0.4 is 0 Å². The number of rotatable bonds is 5. The van der Waals surface area contributed by atoms with Crippen LogP contribution in [0.1, 0.15) is 101 Å². The summed E-state index contributed by atoms with van der Waals surface area (Å²) in [5.41, 5.74) is 8.82. The van der Waals surface area contributed by atoms with Gasteiger partial charge in [0.05, 0.1) is 0 Å². The summed E-state index contributed by atoms with van der Waals surface area (Å²) < 4.78 is 0. The van der Waals surface area contributed by atoms with Crippen molar-refractivity contribution < 1.29 is 0 Å². The summed E-state index contributed by atoms with van der Waals surface area (Å²) in [4.78, 5) is 0. The Labute approximate surface area is 149 Å². The Morgan fingerprint density at radius 3 is 1.62 bits per heavy atom. The van der Waals surface area contributed by atoms with E-state index in [9.17, 15) is 0 Å². The van der Waals surface area contributed by atoms with Crippen molar-refractivity contribution in [2.75, 3.05) is 0 Å². The third kappa shape index (κ3) is 3.74. The summed E-state index contributed by atoms with van der Waals surface area (Å²) in [6, 6.07) is 13.9. The van der Waals surface area contributed by atoms with Gasteiger partial charge in [0.15, 0.2) is 0 Å². The molecule has 0 saturated carbocycles. The topological polar surface area (TPSA) is 0 Å². The largest absolute Gasteiger partial charge is 0.0619 e. The molecule has 0 heteroatoms. The molecule has 0 unspecified atom stereocenters. The fourth-order valence-electron chi connectivity index (χ4n) is 3.62. The quantitative estimate of drug-likeness (QED) is 0.525. The Morgan fingerprint density at radius 1 is 0.542 bits per heavy atom. The van der Waals surface area contributed by atoms with Crippen LogP contribution in [0, 0.1) is 0 Å². The number of benzene rings is 2. The van der Waals surface area contributed by atoms with E-state index < -0.39 is 0 Å². The van der Waals surface area contributed by atoms with Gasteiger partial charge < -0.3 is 0 Å². The van der Waals surface area contributed by atoms with Crippen LogP contribution in [0.5, 0.6) is 0 Å². The van der Waals surface area contributed by atoms with Gasteiger partial charge in [-0.25, -0.2) is 0 Å². The molecule has 2 aromatic rings. The van der Waals surface area contributed by atoms with Gasteiger partial charge in [-0.2, -0.15) is 0 Å². The lowest BCUT2D eigenvalue weighted by atomic mass is 9.79. The molecular formula is C24H34. The van der Waals surface area contributed by atoms with Gasteiger partial charge in [0, 0.05) is 0 Å². The van der Waals surface area contributed by atoms with Crippen molar-refractivity contribution in [2.24, 2.45) is 0 Å². The van der Waals surface area contributed by atoms with E-state index in [0.29, 0.717) is 23.7 Å². The van der Waals surface area contributed by atoms with E-state index in [4.69, 9.17) is 0 Å². The Bertz CT molecular complexity index is 687. The van der Waals surface area contributed by atoms with Crippen molar-refractivity contribution in [1.29, 1.82) is 0 Å². The number of hydrogen-bond acceptors (Lipinski definition) is 0. The molecule has 0 spiro atoms. The first-order valence-corrected chi connectivity index (χ1v) is 9.51. The van der Waals surface area contributed by atoms with E-state index in [0.717, 1.165) is 0 Å². The van der Waals surface area contributed by atoms with E-state index in [1.807, 2.05) is 0 Å². The molecule has 0 N–H and O–H groups in total. The molecule has 2 aromatic carbocycles. The van der Waals surface area contributed by atoms with Crippen molar-refractivity contribution in [3.05, 3.63) is 58.7 Å². The fourth-order valence-corrected chi connectivity index (χ4v) is 3.62. The highest BCUT2D eigenvalue weighted by molar-refractivity contribution is 5.74. The lowest BCUT2D eigenvalue weighted by molar-refractivity contribution is 0.779. The van der Waals surface area contributed by atoms with E-state index in [-0.39, 0.29) is 0 Å². The normalized spacial score (nSPS) is 12.0. The third-order valence-corrected chi connectivity index (χ3v) is 4.97. The second-order valence-corrected chi connectivity index (χ2v) is 8.28. The molecule has 0 aromatic heterocycles. The maximum absolute atomic E-state index is 2.45. The van der Waals surface area contributed by atoms with Crippen LogP contribution in [0.4, 0.5) is 0 Å². The number of hydrogen-bond donors (Lipinski definition) is 0. The second-order valence-electron chi connectivity index (χ2n) is 8.28. The molecule has 0 radical (unpaired) electrons. The van der Waals surface area contributed by atoms with Crippen molar-refractivity contribution in [3.8, 4) is 11.1 Å². The van der Waals surface area contributed by atoms with Crippen molar-refractivity contribution in [3.63, 3.8) is 0 Å². The summed E-state index contributed by atoms with van der Waals surface area (Å²) in [5.74, 6) is 2.16. The van der Waals surface area contributed by atoms with Gasteiger partial charge in [-0.1, -0.05) is 91.8 Å². The van der Waals surface area contributed by atoms with E-state index >= 15 is 0 Å². The lowest BCUT2D eigenvalue weighted by Crippen LogP contribution is -2.06. The van der Waals surface area contributed by atoms with Crippen LogP contribution in [-0.4, -0.2) is 0 Å².